The summed E-state index contributed by atoms with van der Waals surface area (Å²) in [6.45, 7) is 0.168. The second-order valence-corrected chi connectivity index (χ2v) is 4.01. The van der Waals surface area contributed by atoms with Crippen LogP contribution in [-0.4, -0.2) is 70.4 Å². The molecule has 0 aromatic heterocycles. The fraction of sp³-hybridized carbons (Fsp3) is 0.900. The van der Waals surface area contributed by atoms with E-state index in [1.54, 1.807) is 0 Å². The molecule has 0 aromatic rings. The highest BCUT2D eigenvalue weighted by molar-refractivity contribution is 5.72. The van der Waals surface area contributed by atoms with Gasteiger partial charge in [-0.05, 0) is 6.42 Å². The van der Waals surface area contributed by atoms with Gasteiger partial charge in [0.15, 0.2) is 0 Å². The Labute approximate surface area is 108 Å². The summed E-state index contributed by atoms with van der Waals surface area (Å²) >= 11 is 0. The Morgan fingerprint density at radius 1 is 1.42 bits per heavy atom. The van der Waals surface area contributed by atoms with E-state index in [1.807, 2.05) is 0 Å². The topological polar surface area (TPSA) is 133 Å². The van der Waals surface area contributed by atoms with Crippen LogP contribution in [0.15, 0.2) is 0 Å². The molecule has 0 saturated carbocycles. The summed E-state index contributed by atoms with van der Waals surface area (Å²) in [5.74, 6) is -1.39. The number of nitrogens with two attached hydrogens (primary N) is 1. The molecule has 0 amide bonds. The van der Waals surface area contributed by atoms with E-state index < -0.39 is 43.2 Å². The predicted octanol–water partition coefficient (Wildman–Crippen LogP) is -1.46. The minimum Gasteiger partial charge on any atom is -0.480 e. The third kappa shape index (κ3) is 7.33. The first-order chi connectivity index (χ1) is 8.79. The number of hydrogen-bond acceptors (Lipinski definition) is 6. The van der Waals surface area contributed by atoms with Gasteiger partial charge in [-0.1, -0.05) is 0 Å². The highest BCUT2D eigenvalue weighted by Gasteiger charge is 2.30. The lowest BCUT2D eigenvalue weighted by Crippen LogP contribution is -2.46. The maximum atomic E-state index is 11.3. The van der Waals surface area contributed by atoms with Crippen LogP contribution in [0.5, 0.6) is 0 Å². The van der Waals surface area contributed by atoms with Crippen molar-refractivity contribution in [3.05, 3.63) is 0 Å². The Bertz CT molecular complexity index is 268. The molecule has 6 N–H and O–H groups in total. The standard InChI is InChI=1S/C6H12O4.C4H7F2NO2/c7-3-5-6(9)4(8)1-2-10-5;5-3(6)1-2(7)4(8)9/h4-9H,1-3H2;2-3H,1,7H2,(H,8,9)/t4?,5-,6?;2-/m11/s1. The van der Waals surface area contributed by atoms with Gasteiger partial charge in [-0.25, -0.2) is 8.78 Å². The van der Waals surface area contributed by atoms with Crippen LogP contribution >= 0.6 is 0 Å². The van der Waals surface area contributed by atoms with Gasteiger partial charge in [0.25, 0.3) is 0 Å². The van der Waals surface area contributed by atoms with Crippen LogP contribution in [0.2, 0.25) is 0 Å². The molecule has 9 heteroatoms. The number of ether oxygens (including phenoxy) is 1. The molecule has 0 bridgehead atoms. The van der Waals surface area contributed by atoms with Gasteiger partial charge in [0, 0.05) is 13.0 Å². The normalized spacial score (nSPS) is 28.5. The highest BCUT2D eigenvalue weighted by atomic mass is 19.3. The van der Waals surface area contributed by atoms with Crippen molar-refractivity contribution in [3.63, 3.8) is 0 Å². The Morgan fingerprint density at radius 3 is 2.32 bits per heavy atom. The number of rotatable bonds is 4. The number of halogens is 2. The number of aliphatic hydroxyl groups excluding tert-OH is 3. The van der Waals surface area contributed by atoms with Gasteiger partial charge in [0.1, 0.15) is 18.2 Å². The van der Waals surface area contributed by atoms with E-state index in [-0.39, 0.29) is 6.61 Å². The van der Waals surface area contributed by atoms with E-state index in [0.717, 1.165) is 0 Å². The summed E-state index contributed by atoms with van der Waals surface area (Å²) in [4.78, 5) is 9.78. The van der Waals surface area contributed by atoms with E-state index in [4.69, 9.17) is 30.9 Å². The summed E-state index contributed by atoms with van der Waals surface area (Å²) in [7, 11) is 0. The quantitative estimate of drug-likeness (QED) is 0.427. The smallest absolute Gasteiger partial charge is 0.320 e. The van der Waals surface area contributed by atoms with Gasteiger partial charge in [0.2, 0.25) is 6.43 Å². The van der Waals surface area contributed by atoms with E-state index in [0.29, 0.717) is 13.0 Å². The van der Waals surface area contributed by atoms with Gasteiger partial charge >= 0.3 is 5.97 Å². The van der Waals surface area contributed by atoms with Crippen LogP contribution in [0.25, 0.3) is 0 Å². The minimum atomic E-state index is -2.64. The fourth-order valence-corrected chi connectivity index (χ4v) is 1.31. The molecular formula is C10H19F2NO6. The zero-order valence-electron chi connectivity index (χ0n) is 10.2. The first-order valence-electron chi connectivity index (χ1n) is 5.64. The molecule has 1 aliphatic heterocycles. The first kappa shape index (κ1) is 18.1. The third-order valence-corrected chi connectivity index (χ3v) is 2.45. The summed E-state index contributed by atoms with van der Waals surface area (Å²) in [5.41, 5.74) is 4.74. The predicted molar refractivity (Wildman–Crippen MR) is 59.7 cm³/mol. The zero-order valence-corrected chi connectivity index (χ0v) is 10.2. The second kappa shape index (κ2) is 9.10. The number of carboxylic acids is 1. The van der Waals surface area contributed by atoms with Crippen molar-refractivity contribution in [3.8, 4) is 0 Å². The molecule has 1 saturated heterocycles. The van der Waals surface area contributed by atoms with Crippen LogP contribution in [-0.2, 0) is 9.53 Å². The summed E-state index contributed by atoms with van der Waals surface area (Å²) in [6.07, 6.45) is -5.27. The van der Waals surface area contributed by atoms with Crippen molar-refractivity contribution in [2.75, 3.05) is 13.2 Å². The SMILES string of the molecule is N[C@H](CC(F)F)C(=O)O.OC[C@H]1OCCC(O)C1O. The second-order valence-electron chi connectivity index (χ2n) is 4.01. The highest BCUT2D eigenvalue weighted by Crippen LogP contribution is 2.13. The summed E-state index contributed by atoms with van der Waals surface area (Å²) < 4.78 is 27.6. The Balaban J connectivity index is 0.000000344. The molecule has 2 unspecified atom stereocenters. The lowest BCUT2D eigenvalue weighted by molar-refractivity contribution is -0.147. The monoisotopic (exact) mass is 287 g/mol. The van der Waals surface area contributed by atoms with E-state index in [9.17, 15) is 13.6 Å². The fourth-order valence-electron chi connectivity index (χ4n) is 1.31. The maximum absolute atomic E-state index is 11.3. The van der Waals surface area contributed by atoms with Gasteiger partial charge in [0.05, 0.1) is 12.7 Å². The van der Waals surface area contributed by atoms with Crippen LogP contribution in [0.1, 0.15) is 12.8 Å². The molecule has 1 aliphatic rings. The van der Waals surface area contributed by atoms with Gasteiger partial charge < -0.3 is 30.9 Å². The number of aliphatic hydroxyl groups is 3. The number of carbonyl (C=O) groups is 1. The van der Waals surface area contributed by atoms with Crippen LogP contribution in [0.3, 0.4) is 0 Å². The molecule has 0 aromatic carbocycles. The van der Waals surface area contributed by atoms with Crippen molar-refractivity contribution in [1.29, 1.82) is 0 Å². The van der Waals surface area contributed by atoms with Crippen LogP contribution in [0.4, 0.5) is 8.78 Å². The largest absolute Gasteiger partial charge is 0.480 e. The molecule has 7 nitrogen and oxygen atoms in total. The zero-order chi connectivity index (χ0) is 15.0. The van der Waals surface area contributed by atoms with Crippen molar-refractivity contribution in [2.45, 2.75) is 43.6 Å². The average molecular weight is 287 g/mol. The Hall–Kier alpha value is -0.870. The molecule has 1 heterocycles. The molecular weight excluding hydrogens is 268 g/mol. The molecule has 0 radical (unpaired) electrons. The Morgan fingerprint density at radius 2 is 2.00 bits per heavy atom. The van der Waals surface area contributed by atoms with Crippen molar-refractivity contribution in [2.24, 2.45) is 5.73 Å². The number of aliphatic carboxylic acids is 1. The van der Waals surface area contributed by atoms with E-state index in [1.165, 1.54) is 0 Å². The third-order valence-electron chi connectivity index (χ3n) is 2.45. The molecule has 19 heavy (non-hydrogen) atoms. The maximum Gasteiger partial charge on any atom is 0.320 e. The first-order valence-corrected chi connectivity index (χ1v) is 5.64. The number of hydrogen-bond donors (Lipinski definition) is 5. The number of alkyl halides is 2. The molecule has 1 fully saturated rings. The summed E-state index contributed by atoms with van der Waals surface area (Å²) in [6, 6.07) is -1.44. The van der Waals surface area contributed by atoms with Crippen LogP contribution < -0.4 is 5.73 Å². The molecule has 0 aliphatic carbocycles. The average Bonchev–Trinajstić information content (AvgIpc) is 2.32. The lowest BCUT2D eigenvalue weighted by Gasteiger charge is -2.30. The summed E-state index contributed by atoms with van der Waals surface area (Å²) in [5, 5.41) is 34.7. The number of carboxylic acid groups (broad SMARTS) is 1. The lowest BCUT2D eigenvalue weighted by atomic mass is 10.0. The van der Waals surface area contributed by atoms with Gasteiger partial charge in [-0.3, -0.25) is 4.79 Å². The Kier molecular flexibility index (Phi) is 8.68. The van der Waals surface area contributed by atoms with Gasteiger partial charge in [-0.2, -0.15) is 0 Å². The molecule has 0 spiro atoms. The van der Waals surface area contributed by atoms with Gasteiger partial charge in [-0.15, -0.1) is 0 Å². The molecule has 4 atom stereocenters. The van der Waals surface area contributed by atoms with Crippen molar-refractivity contribution < 1.29 is 38.7 Å². The van der Waals surface area contributed by atoms with E-state index >= 15 is 0 Å². The molecule has 114 valence electrons. The van der Waals surface area contributed by atoms with Crippen molar-refractivity contribution in [1.82, 2.24) is 0 Å². The van der Waals surface area contributed by atoms with E-state index in [2.05, 4.69) is 0 Å². The van der Waals surface area contributed by atoms with Crippen molar-refractivity contribution >= 4 is 5.97 Å². The van der Waals surface area contributed by atoms with Crippen LogP contribution in [0, 0.1) is 0 Å². The minimum absolute atomic E-state index is 0.238. The molecule has 1 rings (SSSR count).